The molecule has 0 fully saturated rings. The fraction of sp³-hybridized carbons (Fsp3) is 0.109. The van der Waals surface area contributed by atoms with Gasteiger partial charge in [-0.1, -0.05) is 247 Å². The number of aromatic nitrogens is 8. The van der Waals surface area contributed by atoms with Gasteiger partial charge in [-0.3, -0.25) is 0 Å². The van der Waals surface area contributed by atoms with Gasteiger partial charge in [0.05, 0.1) is 0 Å². The van der Waals surface area contributed by atoms with E-state index in [0.717, 1.165) is 128 Å². The number of aryl methyl sites for hydroxylation is 1. The minimum atomic E-state index is -2.36. The summed E-state index contributed by atoms with van der Waals surface area (Å²) in [7, 11) is 0. The van der Waals surface area contributed by atoms with Crippen LogP contribution >= 0.6 is 0 Å². The van der Waals surface area contributed by atoms with Crippen molar-refractivity contribution < 1.29 is 46.2 Å². The largest absolute Gasteiger partial charge is 0.319 e. The van der Waals surface area contributed by atoms with Gasteiger partial charge in [-0.25, -0.2) is 23.7 Å². The maximum atomic E-state index is 8.30. The van der Waals surface area contributed by atoms with Crippen molar-refractivity contribution in [1.82, 2.24) is 37.4 Å². The monoisotopic (exact) mass is 1800 g/mol. The first-order valence-electron chi connectivity index (χ1n) is 38.7. The molecule has 111 heavy (non-hydrogen) atoms. The van der Waals surface area contributed by atoms with Gasteiger partial charge in [-0.15, -0.1) is 51.2 Å². The van der Waals surface area contributed by atoms with E-state index in [0.29, 0.717) is 5.52 Å². The van der Waals surface area contributed by atoms with E-state index in [1.807, 2.05) is 65.5 Å². The van der Waals surface area contributed by atoms with Crippen molar-refractivity contribution >= 4 is 65.7 Å². The molecule has 0 unspecified atom stereocenters. The van der Waals surface area contributed by atoms with Crippen LogP contribution in [-0.4, -0.2) is 37.4 Å². The van der Waals surface area contributed by atoms with Crippen LogP contribution in [0.3, 0.4) is 0 Å². The molecule has 0 saturated heterocycles. The minimum absolute atomic E-state index is 0. The molecule has 0 atom stereocenters. The van der Waals surface area contributed by atoms with Crippen LogP contribution < -0.4 is 0 Å². The van der Waals surface area contributed by atoms with Crippen molar-refractivity contribution in [2.45, 2.75) is 63.2 Å². The normalized spacial score (nSPS) is 12.5. The molecule has 0 saturated carbocycles. The van der Waals surface area contributed by atoms with Gasteiger partial charge in [-0.05, 0) is 116 Å². The van der Waals surface area contributed by atoms with Gasteiger partial charge in [0.25, 0.3) is 0 Å². The molecule has 19 aromatic rings. The van der Waals surface area contributed by atoms with Crippen LogP contribution in [0.4, 0.5) is 0 Å². The zero-order valence-electron chi connectivity index (χ0n) is 65.3. The number of hydrogen-bond donors (Lipinski definition) is 0. The standard InChI is InChI=1S/C53H41N4.C48H39N4.2Pt/c1-52(2,3)40-32-33-54-51(36-40)57-47-27-14-13-26-45(47)46-31-30-42(35-50(46)57)53(38-18-7-4-8-19-38,39-20-9-5-10-21-39)41-22-17-25-44(34-41)56-37-55(43-23-11-6-12-24-43)48-28-15-16-29-49(48)56;1-47(2,3)36-28-29-49-46(32-36)52-42-23-12-11-22-40(42)41-27-26-38(31-45(41)52)48(34-16-7-5-8-17-34,35-18-9-6-10-19-35)37-20-15-21-39(30-37)51-33-50(4)43-24-13-14-25-44(43)51;;/h4-33,36-37H,1-3H3;5-29,32-33H,1-4H3;;/q2*-1;;/i;4D3;;. The number of nitrogens with zero attached hydrogens (tertiary/aromatic N) is 8. The van der Waals surface area contributed by atoms with Gasteiger partial charge in [0.2, 0.25) is 0 Å². The van der Waals surface area contributed by atoms with Crippen LogP contribution in [0.1, 0.15) is 101 Å². The van der Waals surface area contributed by atoms with E-state index in [1.165, 1.54) is 21.1 Å². The Kier molecular flexibility index (Phi) is 18.7. The van der Waals surface area contributed by atoms with Gasteiger partial charge >= 0.3 is 0 Å². The van der Waals surface area contributed by atoms with Crippen molar-refractivity contribution in [3.8, 4) is 28.7 Å². The summed E-state index contributed by atoms with van der Waals surface area (Å²) in [5.74, 6) is 1.72. The summed E-state index contributed by atoms with van der Waals surface area (Å²) in [6.07, 6.45) is 7.68. The van der Waals surface area contributed by atoms with E-state index >= 15 is 0 Å². The Morgan fingerprint density at radius 3 is 1.05 bits per heavy atom. The van der Waals surface area contributed by atoms with Crippen molar-refractivity contribution in [2.75, 3.05) is 0 Å². The number of rotatable bonds is 13. The Hall–Kier alpha value is -11.9. The first-order valence-corrected chi connectivity index (χ1v) is 37.2. The number of fused-ring (bicyclic) bond motifs is 8. The fourth-order valence-corrected chi connectivity index (χ4v) is 16.4. The van der Waals surface area contributed by atoms with Gasteiger partial charge in [0, 0.05) is 123 Å². The van der Waals surface area contributed by atoms with Gasteiger partial charge in [-0.2, -0.15) is 65.2 Å². The van der Waals surface area contributed by atoms with E-state index in [4.69, 9.17) is 14.1 Å². The predicted molar refractivity (Wildman–Crippen MR) is 447 cm³/mol. The van der Waals surface area contributed by atoms with E-state index in [2.05, 4.69) is 376 Å². The smallest absolute Gasteiger partial charge is 0.188 e. The summed E-state index contributed by atoms with van der Waals surface area (Å²) < 4.78 is 37.2. The summed E-state index contributed by atoms with van der Waals surface area (Å²) in [6.45, 7) is 11.1. The number of hydrogen-bond acceptors (Lipinski definition) is 2. The third kappa shape index (κ3) is 12.8. The number of pyridine rings is 2. The molecule has 8 nitrogen and oxygen atoms in total. The van der Waals surface area contributed by atoms with Crippen molar-refractivity contribution in [2.24, 2.45) is 6.98 Å². The Bertz CT molecular complexity index is 6640. The van der Waals surface area contributed by atoms with Crippen LogP contribution in [0.2, 0.25) is 0 Å². The first-order chi connectivity index (χ1) is 54.5. The molecular weight excluding hydrogens is 1720 g/mol. The number of benzene rings is 13. The van der Waals surface area contributed by atoms with Crippen LogP contribution in [0, 0.1) is 24.3 Å². The molecule has 0 radical (unpaired) electrons. The van der Waals surface area contributed by atoms with Crippen LogP contribution in [-0.2, 0) is 70.8 Å². The third-order valence-corrected chi connectivity index (χ3v) is 21.7. The molecule has 546 valence electrons. The summed E-state index contributed by atoms with van der Waals surface area (Å²) >= 11 is 0. The zero-order chi connectivity index (χ0) is 76.5. The zero-order valence-corrected chi connectivity index (χ0v) is 66.8. The molecule has 6 heterocycles. The number of imidazole rings is 2. The molecule has 0 aliphatic rings. The second-order valence-electron chi connectivity index (χ2n) is 30.2. The Labute approximate surface area is 681 Å². The molecule has 0 N–H and O–H groups in total. The van der Waals surface area contributed by atoms with Crippen LogP contribution in [0.25, 0.3) is 94.4 Å². The molecule has 0 aliphatic carbocycles. The molecule has 6 aromatic heterocycles. The third-order valence-electron chi connectivity index (χ3n) is 21.7. The van der Waals surface area contributed by atoms with Crippen LogP contribution in [0.15, 0.2) is 359 Å². The van der Waals surface area contributed by atoms with Crippen molar-refractivity contribution in [1.29, 1.82) is 0 Å². The minimum Gasteiger partial charge on any atom is -0.319 e. The quantitative estimate of drug-likeness (QED) is 0.0853. The van der Waals surface area contributed by atoms with Crippen LogP contribution in [0.5, 0.6) is 0 Å². The number of para-hydroxylation sites is 7. The topological polar surface area (TPSA) is 55.4 Å². The summed E-state index contributed by atoms with van der Waals surface area (Å²) in [5, 5.41) is 4.52. The molecule has 10 heteroatoms. The van der Waals surface area contributed by atoms with Gasteiger partial charge in [0.15, 0.2) is 34.7 Å². The Balaban J connectivity index is 0.000000169. The molecular formula is C101H80N8Pt2-2. The van der Waals surface area contributed by atoms with Gasteiger partial charge in [0.1, 0.15) is 17.3 Å². The van der Waals surface area contributed by atoms with Gasteiger partial charge < -0.3 is 9.13 Å². The molecule has 0 aliphatic heterocycles. The van der Waals surface area contributed by atoms with E-state index in [-0.39, 0.29) is 53.0 Å². The molecule has 0 spiro atoms. The molecule has 0 amide bonds. The first kappa shape index (κ1) is 69.5. The summed E-state index contributed by atoms with van der Waals surface area (Å²) in [6, 6.07) is 133. The molecule has 13 aromatic carbocycles. The maximum Gasteiger partial charge on any atom is 0.188 e. The van der Waals surface area contributed by atoms with E-state index in [1.54, 1.807) is 6.33 Å². The second kappa shape index (κ2) is 29.8. The van der Waals surface area contributed by atoms with E-state index in [9.17, 15) is 0 Å². The maximum absolute atomic E-state index is 8.30. The van der Waals surface area contributed by atoms with Crippen molar-refractivity contribution in [3.63, 3.8) is 0 Å². The molecule has 0 bridgehead atoms. The summed E-state index contributed by atoms with van der Waals surface area (Å²) in [4.78, 5) is 9.93. The Morgan fingerprint density at radius 1 is 0.297 bits per heavy atom. The SMILES string of the molecule is CC(C)(C)c1ccnc(-n2c3[c-]c(C(c4[c-]c(-n5[cH+]n(-c6ccccc6)c6ccccc65)ccc4)(c4ccccc4)c4ccccc4)ccc3c3ccccc32)c1.[2H]C([2H])([2H])n1[cH+]n(-c2[c-]c(C(c3[c-]c4c(cc3)c3ccccc3n4-c3cc(C(C)(C)C)ccn3)(c3ccccc3)c3ccccc3)ccc2)c2ccccc21.[Pt].[Pt]. The molecule has 19 rings (SSSR count). The second-order valence-corrected chi connectivity index (χ2v) is 30.2. The average molecular weight is 1800 g/mol. The summed E-state index contributed by atoms with van der Waals surface area (Å²) in [5.41, 5.74) is 19.4. The van der Waals surface area contributed by atoms with Crippen molar-refractivity contribution in [3.05, 3.63) is 439 Å². The predicted octanol–water partition coefficient (Wildman–Crippen LogP) is 23.5. The average Bonchev–Trinajstić information content (AvgIpc) is 1.36. The van der Waals surface area contributed by atoms with E-state index < -0.39 is 17.8 Å². The Morgan fingerprint density at radius 2 is 0.640 bits per heavy atom. The fourth-order valence-electron chi connectivity index (χ4n) is 16.4.